The molecule has 0 saturated heterocycles. The van der Waals surface area contributed by atoms with Crippen LogP contribution < -0.4 is 10.3 Å². The zero-order chi connectivity index (χ0) is 24.5. The van der Waals surface area contributed by atoms with Gasteiger partial charge in [0.1, 0.15) is 11.6 Å². The Hall–Kier alpha value is -3.15. The molecule has 0 fully saturated rings. The Morgan fingerprint density at radius 2 is 1.74 bits per heavy atom. The van der Waals surface area contributed by atoms with Gasteiger partial charge in [0, 0.05) is 13.0 Å². The predicted octanol–water partition coefficient (Wildman–Crippen LogP) is 6.05. The number of nitrogens with zero attached hydrogens (tertiary/aromatic N) is 3. The van der Waals surface area contributed by atoms with Gasteiger partial charge < -0.3 is 9.64 Å². The lowest BCUT2D eigenvalue weighted by atomic mass is 10.1. The molecule has 3 aromatic rings. The number of unbranched alkanes of at least 4 members (excludes halogenated alkanes) is 3. The summed E-state index contributed by atoms with van der Waals surface area (Å²) in [6.45, 7) is 9.34. The molecule has 2 aromatic carbocycles. The van der Waals surface area contributed by atoms with Gasteiger partial charge in [0.25, 0.3) is 5.56 Å². The summed E-state index contributed by atoms with van der Waals surface area (Å²) in [7, 11) is 0. The molecule has 182 valence electrons. The molecule has 0 saturated carbocycles. The first kappa shape index (κ1) is 25.5. The zero-order valence-electron chi connectivity index (χ0n) is 20.9. The minimum atomic E-state index is -0.345. The van der Waals surface area contributed by atoms with Crippen LogP contribution in [0.5, 0.6) is 5.75 Å². The predicted molar refractivity (Wildman–Crippen MR) is 138 cm³/mol. The van der Waals surface area contributed by atoms with E-state index >= 15 is 0 Å². The molecule has 1 atom stereocenters. The number of hydrogen-bond donors (Lipinski definition) is 0. The van der Waals surface area contributed by atoms with Gasteiger partial charge in [-0.1, -0.05) is 45.2 Å². The molecule has 6 nitrogen and oxygen atoms in total. The number of benzene rings is 2. The van der Waals surface area contributed by atoms with Crippen LogP contribution in [0.4, 0.5) is 0 Å². The standard InChI is InChI=1S/C28H37N3O3/c1-5-8-9-10-15-26(32)30(20-6-2)21(4)27-29-25-14-12-11-13-24(25)28(33)31(27)22-16-18-23(19-17-22)34-7-3/h11-14,16-19,21H,5-10,15,20H2,1-4H3. The summed E-state index contributed by atoms with van der Waals surface area (Å²) in [4.78, 5) is 33.7. The number of ether oxygens (including phenoxy) is 1. The number of amides is 1. The summed E-state index contributed by atoms with van der Waals surface area (Å²) in [5, 5.41) is 0.556. The van der Waals surface area contributed by atoms with Gasteiger partial charge in [-0.05, 0) is 63.1 Å². The Labute approximate surface area is 202 Å². The van der Waals surface area contributed by atoms with E-state index < -0.39 is 0 Å². The number of carbonyl (C=O) groups excluding carboxylic acids is 1. The maximum absolute atomic E-state index is 13.6. The quantitative estimate of drug-likeness (QED) is 0.307. The Kier molecular flexibility index (Phi) is 9.25. The first-order chi connectivity index (χ1) is 16.5. The van der Waals surface area contributed by atoms with E-state index in [4.69, 9.17) is 9.72 Å². The third kappa shape index (κ3) is 5.85. The second kappa shape index (κ2) is 12.4. The maximum atomic E-state index is 13.6. The van der Waals surface area contributed by atoms with Gasteiger partial charge in [-0.25, -0.2) is 4.98 Å². The molecule has 1 aromatic heterocycles. The molecule has 6 heteroatoms. The molecule has 1 amide bonds. The van der Waals surface area contributed by atoms with Gasteiger partial charge in [-0.3, -0.25) is 14.2 Å². The van der Waals surface area contributed by atoms with E-state index in [1.165, 1.54) is 0 Å². The molecular weight excluding hydrogens is 426 g/mol. The molecule has 0 aliphatic rings. The summed E-state index contributed by atoms with van der Waals surface area (Å²) in [5.74, 6) is 1.44. The first-order valence-electron chi connectivity index (χ1n) is 12.6. The molecule has 0 bridgehead atoms. The summed E-state index contributed by atoms with van der Waals surface area (Å²) >= 11 is 0. The summed E-state index contributed by atoms with van der Waals surface area (Å²) in [6.07, 6.45) is 5.58. The third-order valence-corrected chi connectivity index (χ3v) is 6.08. The van der Waals surface area contributed by atoms with Crippen molar-refractivity contribution in [3.63, 3.8) is 0 Å². The lowest BCUT2D eigenvalue weighted by Crippen LogP contribution is -2.37. The van der Waals surface area contributed by atoms with Crippen molar-refractivity contribution in [3.05, 3.63) is 64.7 Å². The van der Waals surface area contributed by atoms with E-state index in [1.54, 1.807) is 10.6 Å². The van der Waals surface area contributed by atoms with E-state index in [0.717, 1.165) is 37.9 Å². The van der Waals surface area contributed by atoms with Crippen molar-refractivity contribution in [1.82, 2.24) is 14.5 Å². The average Bonchev–Trinajstić information content (AvgIpc) is 2.85. The highest BCUT2D eigenvalue weighted by atomic mass is 16.5. The van der Waals surface area contributed by atoms with Gasteiger partial charge in [0.15, 0.2) is 0 Å². The summed E-state index contributed by atoms with van der Waals surface area (Å²) in [6, 6.07) is 14.5. The van der Waals surface area contributed by atoms with Crippen LogP contribution in [-0.2, 0) is 4.79 Å². The summed E-state index contributed by atoms with van der Waals surface area (Å²) < 4.78 is 7.22. The highest BCUT2D eigenvalue weighted by Crippen LogP contribution is 2.25. The number of carbonyl (C=O) groups is 1. The van der Waals surface area contributed by atoms with Crippen molar-refractivity contribution in [2.45, 2.75) is 72.3 Å². The summed E-state index contributed by atoms with van der Waals surface area (Å²) in [5.41, 5.74) is 1.22. The van der Waals surface area contributed by atoms with Crippen molar-refractivity contribution in [3.8, 4) is 11.4 Å². The normalized spacial score (nSPS) is 12.0. The molecule has 0 spiro atoms. The highest BCUT2D eigenvalue weighted by molar-refractivity contribution is 5.79. The molecule has 1 heterocycles. The number of aromatic nitrogens is 2. The maximum Gasteiger partial charge on any atom is 0.266 e. The van der Waals surface area contributed by atoms with E-state index in [2.05, 4.69) is 13.8 Å². The lowest BCUT2D eigenvalue weighted by molar-refractivity contribution is -0.133. The van der Waals surface area contributed by atoms with Crippen LogP contribution in [0, 0.1) is 0 Å². The minimum Gasteiger partial charge on any atom is -0.494 e. The van der Waals surface area contributed by atoms with Crippen LogP contribution in [0.3, 0.4) is 0 Å². The minimum absolute atomic E-state index is 0.117. The Balaban J connectivity index is 2.07. The molecule has 34 heavy (non-hydrogen) atoms. The van der Waals surface area contributed by atoms with Gasteiger partial charge >= 0.3 is 0 Å². The van der Waals surface area contributed by atoms with Crippen molar-refractivity contribution in [2.75, 3.05) is 13.2 Å². The fourth-order valence-corrected chi connectivity index (χ4v) is 4.30. The highest BCUT2D eigenvalue weighted by Gasteiger charge is 2.26. The second-order valence-corrected chi connectivity index (χ2v) is 8.63. The molecular formula is C28H37N3O3. The monoisotopic (exact) mass is 463 g/mol. The average molecular weight is 464 g/mol. The molecule has 0 aliphatic heterocycles. The van der Waals surface area contributed by atoms with E-state index in [1.807, 2.05) is 61.2 Å². The van der Waals surface area contributed by atoms with Crippen molar-refractivity contribution < 1.29 is 9.53 Å². The number of rotatable bonds is 12. The third-order valence-electron chi connectivity index (χ3n) is 6.08. The van der Waals surface area contributed by atoms with Crippen molar-refractivity contribution in [1.29, 1.82) is 0 Å². The Bertz CT molecular complexity index is 1140. The fourth-order valence-electron chi connectivity index (χ4n) is 4.30. The number of para-hydroxylation sites is 1. The van der Waals surface area contributed by atoms with Crippen LogP contribution >= 0.6 is 0 Å². The van der Waals surface area contributed by atoms with E-state index in [9.17, 15) is 9.59 Å². The van der Waals surface area contributed by atoms with Crippen molar-refractivity contribution in [2.24, 2.45) is 0 Å². The fraction of sp³-hybridized carbons (Fsp3) is 0.464. The molecule has 3 rings (SSSR count). The number of fused-ring (bicyclic) bond motifs is 1. The van der Waals surface area contributed by atoms with Crippen molar-refractivity contribution >= 4 is 16.8 Å². The van der Waals surface area contributed by atoms with Gasteiger partial charge in [-0.15, -0.1) is 0 Å². The second-order valence-electron chi connectivity index (χ2n) is 8.63. The van der Waals surface area contributed by atoms with Crippen LogP contribution in [0.1, 0.15) is 78.1 Å². The zero-order valence-corrected chi connectivity index (χ0v) is 20.9. The molecule has 0 radical (unpaired) electrons. The molecule has 0 aliphatic carbocycles. The van der Waals surface area contributed by atoms with Crippen LogP contribution in [-0.4, -0.2) is 33.5 Å². The van der Waals surface area contributed by atoms with Gasteiger partial charge in [-0.2, -0.15) is 0 Å². The Morgan fingerprint density at radius 3 is 2.41 bits per heavy atom. The van der Waals surface area contributed by atoms with Crippen LogP contribution in [0.25, 0.3) is 16.6 Å². The van der Waals surface area contributed by atoms with E-state index in [-0.39, 0.29) is 17.5 Å². The number of hydrogen-bond acceptors (Lipinski definition) is 4. The lowest BCUT2D eigenvalue weighted by Gasteiger charge is -2.30. The molecule has 1 unspecified atom stereocenters. The SMILES string of the molecule is CCCCCCC(=O)N(CCC)C(C)c1nc2ccccc2c(=O)n1-c1ccc(OCC)cc1. The topological polar surface area (TPSA) is 64.4 Å². The van der Waals surface area contributed by atoms with Gasteiger partial charge in [0.2, 0.25) is 5.91 Å². The van der Waals surface area contributed by atoms with Gasteiger partial charge in [0.05, 0.1) is 29.2 Å². The van der Waals surface area contributed by atoms with E-state index in [0.29, 0.717) is 42.0 Å². The smallest absolute Gasteiger partial charge is 0.266 e. The first-order valence-corrected chi connectivity index (χ1v) is 12.6. The van der Waals surface area contributed by atoms with Crippen LogP contribution in [0.15, 0.2) is 53.3 Å². The largest absolute Gasteiger partial charge is 0.494 e. The Morgan fingerprint density at radius 1 is 1.00 bits per heavy atom. The van der Waals surface area contributed by atoms with Crippen LogP contribution in [0.2, 0.25) is 0 Å². The molecule has 0 N–H and O–H groups in total.